The molecule has 3 unspecified atom stereocenters. The summed E-state index contributed by atoms with van der Waals surface area (Å²) >= 11 is 0. The highest BCUT2D eigenvalue weighted by atomic mass is 19.1. The predicted octanol–water partition coefficient (Wildman–Crippen LogP) is 4.06. The number of halogens is 1. The van der Waals surface area contributed by atoms with Gasteiger partial charge in [-0.3, -0.25) is 0 Å². The van der Waals surface area contributed by atoms with Crippen LogP contribution in [0.25, 0.3) is 0 Å². The Balaban J connectivity index is 2.34. The smallest absolute Gasteiger partial charge is 0.127 e. The van der Waals surface area contributed by atoms with E-state index in [-0.39, 0.29) is 17.8 Å². The second kappa shape index (κ2) is 5.40. The Morgan fingerprint density at radius 1 is 1.28 bits per heavy atom. The first kappa shape index (κ1) is 13.5. The minimum atomic E-state index is -0.0651. The molecule has 1 saturated carbocycles. The second-order valence-corrected chi connectivity index (χ2v) is 5.83. The number of rotatable bonds is 2. The molecule has 0 amide bonds. The Morgan fingerprint density at radius 2 is 2.00 bits per heavy atom. The lowest BCUT2D eigenvalue weighted by atomic mass is 9.73. The molecule has 0 aliphatic heterocycles. The first-order valence-electron chi connectivity index (χ1n) is 7.05. The Hall–Kier alpha value is -0.890. The van der Waals surface area contributed by atoms with E-state index in [1.165, 1.54) is 12.8 Å². The van der Waals surface area contributed by atoms with Crippen molar-refractivity contribution >= 4 is 0 Å². The summed E-state index contributed by atoms with van der Waals surface area (Å²) in [7, 11) is 0. The van der Waals surface area contributed by atoms with Crippen LogP contribution in [0.4, 0.5) is 4.39 Å². The minimum absolute atomic E-state index is 0.0651. The second-order valence-electron chi connectivity index (χ2n) is 5.83. The fourth-order valence-corrected chi connectivity index (χ4v) is 3.38. The maximum atomic E-state index is 14.2. The summed E-state index contributed by atoms with van der Waals surface area (Å²) in [6.45, 7) is 6.17. The average molecular weight is 249 g/mol. The van der Waals surface area contributed by atoms with Gasteiger partial charge in [0.1, 0.15) is 5.82 Å². The van der Waals surface area contributed by atoms with Crippen molar-refractivity contribution in [3.63, 3.8) is 0 Å². The molecule has 0 aromatic heterocycles. The van der Waals surface area contributed by atoms with Gasteiger partial charge in [0.15, 0.2) is 0 Å². The van der Waals surface area contributed by atoms with Crippen molar-refractivity contribution < 1.29 is 4.39 Å². The van der Waals surface area contributed by atoms with Crippen LogP contribution in [0.2, 0.25) is 0 Å². The molecule has 0 bridgehead atoms. The molecule has 100 valence electrons. The van der Waals surface area contributed by atoms with Crippen LogP contribution in [-0.2, 0) is 0 Å². The molecule has 2 heteroatoms. The normalized spacial score (nSPS) is 28.4. The van der Waals surface area contributed by atoms with E-state index >= 15 is 0 Å². The van der Waals surface area contributed by atoms with Crippen molar-refractivity contribution in [3.05, 3.63) is 34.6 Å². The lowest BCUT2D eigenvalue weighted by Crippen LogP contribution is -2.35. The number of nitrogens with two attached hydrogens (primary N) is 1. The van der Waals surface area contributed by atoms with E-state index in [0.29, 0.717) is 5.92 Å². The largest absolute Gasteiger partial charge is 0.327 e. The van der Waals surface area contributed by atoms with Crippen LogP contribution in [0.1, 0.15) is 55.2 Å². The zero-order valence-electron chi connectivity index (χ0n) is 11.7. The van der Waals surface area contributed by atoms with E-state index in [0.717, 1.165) is 29.5 Å². The fraction of sp³-hybridized carbons (Fsp3) is 0.625. The SMILES string of the molecule is CCC1CCC(N)C(c2c(C)cc(C)cc2F)C1. The molecular formula is C16H24FN. The molecule has 1 fully saturated rings. The van der Waals surface area contributed by atoms with Gasteiger partial charge in [-0.15, -0.1) is 0 Å². The van der Waals surface area contributed by atoms with Crippen molar-refractivity contribution in [2.75, 3.05) is 0 Å². The van der Waals surface area contributed by atoms with Crippen molar-refractivity contribution in [3.8, 4) is 0 Å². The molecule has 1 aromatic carbocycles. The highest BCUT2D eigenvalue weighted by Crippen LogP contribution is 2.39. The Kier molecular flexibility index (Phi) is 4.06. The van der Waals surface area contributed by atoms with Crippen molar-refractivity contribution in [2.45, 2.75) is 58.4 Å². The van der Waals surface area contributed by atoms with E-state index in [1.807, 2.05) is 13.8 Å². The summed E-state index contributed by atoms with van der Waals surface area (Å²) < 4.78 is 14.2. The number of aryl methyl sites for hydroxylation is 2. The molecule has 1 aromatic rings. The van der Waals surface area contributed by atoms with Crippen LogP contribution in [0.3, 0.4) is 0 Å². The van der Waals surface area contributed by atoms with Crippen LogP contribution in [0.5, 0.6) is 0 Å². The van der Waals surface area contributed by atoms with Gasteiger partial charge in [-0.05, 0) is 61.8 Å². The average Bonchev–Trinajstić information content (AvgIpc) is 2.30. The molecular weight excluding hydrogens is 225 g/mol. The van der Waals surface area contributed by atoms with Crippen LogP contribution >= 0.6 is 0 Å². The third-order valence-electron chi connectivity index (χ3n) is 4.44. The summed E-state index contributed by atoms with van der Waals surface area (Å²) in [4.78, 5) is 0. The van der Waals surface area contributed by atoms with Gasteiger partial charge in [0.2, 0.25) is 0 Å². The fourth-order valence-electron chi connectivity index (χ4n) is 3.38. The summed E-state index contributed by atoms with van der Waals surface area (Å²) in [5.74, 6) is 0.837. The van der Waals surface area contributed by atoms with E-state index in [2.05, 4.69) is 13.0 Å². The van der Waals surface area contributed by atoms with Gasteiger partial charge in [-0.2, -0.15) is 0 Å². The summed E-state index contributed by atoms with van der Waals surface area (Å²) in [6, 6.07) is 3.83. The highest BCUT2D eigenvalue weighted by Gasteiger charge is 2.31. The van der Waals surface area contributed by atoms with Crippen LogP contribution in [0.15, 0.2) is 12.1 Å². The van der Waals surface area contributed by atoms with Crippen molar-refractivity contribution in [1.29, 1.82) is 0 Å². The molecule has 1 aliphatic carbocycles. The Labute approximate surface area is 110 Å². The van der Waals surface area contributed by atoms with E-state index in [4.69, 9.17) is 5.73 Å². The topological polar surface area (TPSA) is 26.0 Å². The molecule has 2 rings (SSSR count). The standard InChI is InChI=1S/C16H24FN/c1-4-12-5-6-15(18)13(9-12)16-11(3)7-10(2)8-14(16)17/h7-8,12-13,15H,4-6,9,18H2,1-3H3. The molecule has 3 atom stereocenters. The molecule has 0 radical (unpaired) electrons. The molecule has 0 saturated heterocycles. The van der Waals surface area contributed by atoms with E-state index in [9.17, 15) is 4.39 Å². The molecule has 0 heterocycles. The third kappa shape index (κ3) is 2.59. The summed E-state index contributed by atoms with van der Waals surface area (Å²) in [5.41, 5.74) is 9.15. The van der Waals surface area contributed by atoms with E-state index in [1.54, 1.807) is 6.07 Å². The first-order valence-corrected chi connectivity index (χ1v) is 7.05. The number of hydrogen-bond donors (Lipinski definition) is 1. The van der Waals surface area contributed by atoms with Crippen LogP contribution in [-0.4, -0.2) is 6.04 Å². The predicted molar refractivity (Wildman–Crippen MR) is 74.2 cm³/mol. The number of benzene rings is 1. The molecule has 1 aliphatic rings. The first-order chi connectivity index (χ1) is 8.52. The van der Waals surface area contributed by atoms with Gasteiger partial charge < -0.3 is 5.73 Å². The van der Waals surface area contributed by atoms with Crippen LogP contribution in [0, 0.1) is 25.6 Å². The summed E-state index contributed by atoms with van der Waals surface area (Å²) in [6.07, 6.45) is 4.44. The lowest BCUT2D eigenvalue weighted by molar-refractivity contribution is 0.277. The van der Waals surface area contributed by atoms with Crippen LogP contribution < -0.4 is 5.73 Å². The Bertz CT molecular complexity index is 404. The van der Waals surface area contributed by atoms with Gasteiger partial charge in [-0.1, -0.05) is 19.4 Å². The van der Waals surface area contributed by atoms with Gasteiger partial charge in [-0.25, -0.2) is 4.39 Å². The van der Waals surface area contributed by atoms with Gasteiger partial charge in [0.25, 0.3) is 0 Å². The van der Waals surface area contributed by atoms with Gasteiger partial charge >= 0.3 is 0 Å². The van der Waals surface area contributed by atoms with E-state index < -0.39 is 0 Å². The lowest BCUT2D eigenvalue weighted by Gasteiger charge is -2.35. The minimum Gasteiger partial charge on any atom is -0.327 e. The highest BCUT2D eigenvalue weighted by molar-refractivity contribution is 5.36. The zero-order valence-corrected chi connectivity index (χ0v) is 11.7. The molecule has 0 spiro atoms. The van der Waals surface area contributed by atoms with Crippen molar-refractivity contribution in [1.82, 2.24) is 0 Å². The van der Waals surface area contributed by atoms with Crippen molar-refractivity contribution in [2.24, 2.45) is 11.7 Å². The van der Waals surface area contributed by atoms with Gasteiger partial charge in [0.05, 0.1) is 0 Å². The monoisotopic (exact) mass is 249 g/mol. The molecule has 1 nitrogen and oxygen atoms in total. The maximum Gasteiger partial charge on any atom is 0.127 e. The summed E-state index contributed by atoms with van der Waals surface area (Å²) in [5, 5.41) is 0. The zero-order chi connectivity index (χ0) is 13.3. The maximum absolute atomic E-state index is 14.2. The quantitative estimate of drug-likeness (QED) is 0.840. The third-order valence-corrected chi connectivity index (χ3v) is 4.44. The Morgan fingerprint density at radius 3 is 2.61 bits per heavy atom. The van der Waals surface area contributed by atoms with Gasteiger partial charge in [0, 0.05) is 12.0 Å². The molecule has 18 heavy (non-hydrogen) atoms. The number of hydrogen-bond acceptors (Lipinski definition) is 1. The molecule has 2 N–H and O–H groups in total.